The minimum Gasteiger partial charge on any atom is -0.479 e. The summed E-state index contributed by atoms with van der Waals surface area (Å²) in [6.45, 7) is 0.864. The molecule has 0 aromatic heterocycles. The number of benzene rings is 2. The quantitative estimate of drug-likeness (QED) is 0.661. The number of hydrogen-bond acceptors (Lipinski definition) is 4. The van der Waals surface area contributed by atoms with Gasteiger partial charge in [0.1, 0.15) is 0 Å². The molecule has 2 aromatic carbocycles. The van der Waals surface area contributed by atoms with E-state index in [-0.39, 0.29) is 6.10 Å². The molecule has 140 valence electrons. The van der Waals surface area contributed by atoms with Crippen molar-refractivity contribution >= 4 is 5.97 Å². The summed E-state index contributed by atoms with van der Waals surface area (Å²) < 4.78 is 0. The molecule has 0 amide bonds. The zero-order valence-electron chi connectivity index (χ0n) is 14.8. The fourth-order valence-electron chi connectivity index (χ4n) is 2.97. The smallest absolute Gasteiger partial charge is 0.337 e. The Labute approximate surface area is 154 Å². The lowest BCUT2D eigenvalue weighted by Crippen LogP contribution is -2.41. The van der Waals surface area contributed by atoms with Crippen LogP contribution in [-0.4, -0.2) is 33.4 Å². The summed E-state index contributed by atoms with van der Waals surface area (Å²) in [5.41, 5.74) is 1.69. The SMILES string of the molecule is O=C(O)C(O)c1ccccc1.OC1CCCCC1NCc1ccccc1. The van der Waals surface area contributed by atoms with Crippen LogP contribution in [0.5, 0.6) is 0 Å². The van der Waals surface area contributed by atoms with Gasteiger partial charge in [0, 0.05) is 12.6 Å². The van der Waals surface area contributed by atoms with Crippen molar-refractivity contribution in [2.45, 2.75) is 50.5 Å². The molecule has 5 heteroatoms. The van der Waals surface area contributed by atoms with E-state index in [1.807, 2.05) is 18.2 Å². The number of nitrogens with one attached hydrogen (secondary N) is 1. The first kappa shape index (κ1) is 20.1. The third kappa shape index (κ3) is 6.59. The standard InChI is InChI=1S/C13H19NO.C8H8O3/c15-13-9-5-4-8-12(13)14-10-11-6-2-1-3-7-11;9-7(8(10)11)6-4-2-1-3-5-6/h1-3,6-7,12-15H,4-5,8-10H2;1-5,7,9H,(H,10,11). The molecular formula is C21H27NO4. The van der Waals surface area contributed by atoms with Crippen molar-refractivity contribution in [3.8, 4) is 0 Å². The lowest BCUT2D eigenvalue weighted by atomic mass is 9.92. The van der Waals surface area contributed by atoms with Gasteiger partial charge in [0.25, 0.3) is 0 Å². The van der Waals surface area contributed by atoms with Crippen molar-refractivity contribution < 1.29 is 20.1 Å². The Kier molecular flexibility index (Phi) is 8.28. The summed E-state index contributed by atoms with van der Waals surface area (Å²) >= 11 is 0. The Hall–Kier alpha value is -2.21. The van der Waals surface area contributed by atoms with Gasteiger partial charge >= 0.3 is 5.97 Å². The maximum Gasteiger partial charge on any atom is 0.337 e. The highest BCUT2D eigenvalue weighted by Crippen LogP contribution is 2.18. The monoisotopic (exact) mass is 357 g/mol. The Morgan fingerprint density at radius 1 is 1.00 bits per heavy atom. The average molecular weight is 357 g/mol. The van der Waals surface area contributed by atoms with Gasteiger partial charge in [-0.05, 0) is 24.0 Å². The van der Waals surface area contributed by atoms with Crippen LogP contribution >= 0.6 is 0 Å². The van der Waals surface area contributed by atoms with Gasteiger partial charge in [-0.3, -0.25) is 0 Å². The first-order valence-corrected chi connectivity index (χ1v) is 8.99. The third-order valence-electron chi connectivity index (χ3n) is 4.49. The summed E-state index contributed by atoms with van der Waals surface area (Å²) in [5, 5.41) is 30.6. The molecule has 1 aliphatic carbocycles. The number of aliphatic hydroxyl groups excluding tert-OH is 2. The molecule has 3 rings (SSSR count). The van der Waals surface area contributed by atoms with E-state index in [0.717, 1.165) is 19.4 Å². The zero-order valence-corrected chi connectivity index (χ0v) is 14.8. The van der Waals surface area contributed by atoms with Crippen LogP contribution in [0.25, 0.3) is 0 Å². The second-order valence-corrected chi connectivity index (χ2v) is 6.48. The minimum atomic E-state index is -1.41. The van der Waals surface area contributed by atoms with Crippen LogP contribution in [0.4, 0.5) is 0 Å². The largest absolute Gasteiger partial charge is 0.479 e. The molecule has 0 spiro atoms. The van der Waals surface area contributed by atoms with E-state index in [4.69, 9.17) is 10.2 Å². The topological polar surface area (TPSA) is 89.8 Å². The Bertz CT molecular complexity index is 648. The maximum atomic E-state index is 10.2. The molecule has 0 saturated heterocycles. The van der Waals surface area contributed by atoms with Gasteiger partial charge in [-0.2, -0.15) is 0 Å². The number of rotatable bonds is 5. The lowest BCUT2D eigenvalue weighted by Gasteiger charge is -2.28. The van der Waals surface area contributed by atoms with E-state index < -0.39 is 12.1 Å². The fourth-order valence-corrected chi connectivity index (χ4v) is 2.97. The van der Waals surface area contributed by atoms with E-state index in [1.54, 1.807) is 30.3 Å². The summed E-state index contributed by atoms with van der Waals surface area (Å²) in [6, 6.07) is 18.9. The van der Waals surface area contributed by atoms with E-state index in [0.29, 0.717) is 11.6 Å². The first-order valence-electron chi connectivity index (χ1n) is 8.99. The zero-order chi connectivity index (χ0) is 18.8. The molecule has 0 aliphatic heterocycles. The molecule has 0 radical (unpaired) electrons. The van der Waals surface area contributed by atoms with Crippen LogP contribution in [0.3, 0.4) is 0 Å². The Balaban J connectivity index is 0.000000197. The van der Waals surface area contributed by atoms with Crippen molar-refractivity contribution in [1.82, 2.24) is 5.32 Å². The van der Waals surface area contributed by atoms with Gasteiger partial charge in [-0.25, -0.2) is 4.79 Å². The fraction of sp³-hybridized carbons (Fsp3) is 0.381. The van der Waals surface area contributed by atoms with E-state index in [9.17, 15) is 9.90 Å². The van der Waals surface area contributed by atoms with E-state index in [1.165, 1.54) is 18.4 Å². The lowest BCUT2D eigenvalue weighted by molar-refractivity contribution is -0.146. The molecular weight excluding hydrogens is 330 g/mol. The summed E-state index contributed by atoms with van der Waals surface area (Å²) in [7, 11) is 0. The third-order valence-corrected chi connectivity index (χ3v) is 4.49. The molecule has 3 atom stereocenters. The maximum absolute atomic E-state index is 10.2. The van der Waals surface area contributed by atoms with Crippen LogP contribution in [-0.2, 0) is 11.3 Å². The molecule has 1 fully saturated rings. The number of aliphatic carboxylic acids is 1. The number of carbonyl (C=O) groups is 1. The number of aliphatic hydroxyl groups is 2. The van der Waals surface area contributed by atoms with Crippen molar-refractivity contribution in [2.24, 2.45) is 0 Å². The number of carboxylic acids is 1. The van der Waals surface area contributed by atoms with Gasteiger partial charge in [0.15, 0.2) is 6.10 Å². The molecule has 1 saturated carbocycles. The van der Waals surface area contributed by atoms with E-state index >= 15 is 0 Å². The first-order chi connectivity index (χ1) is 12.6. The Morgan fingerprint density at radius 2 is 1.58 bits per heavy atom. The molecule has 0 bridgehead atoms. The molecule has 1 aliphatic rings. The molecule has 4 N–H and O–H groups in total. The number of carboxylic acid groups (broad SMARTS) is 1. The molecule has 0 heterocycles. The van der Waals surface area contributed by atoms with Crippen molar-refractivity contribution in [2.75, 3.05) is 0 Å². The average Bonchev–Trinajstić information content (AvgIpc) is 2.69. The highest BCUT2D eigenvalue weighted by Gasteiger charge is 2.21. The van der Waals surface area contributed by atoms with Gasteiger partial charge in [0.05, 0.1) is 6.10 Å². The van der Waals surface area contributed by atoms with Gasteiger partial charge in [-0.1, -0.05) is 73.5 Å². The van der Waals surface area contributed by atoms with Crippen LogP contribution in [0.2, 0.25) is 0 Å². The van der Waals surface area contributed by atoms with Crippen molar-refractivity contribution in [3.05, 3.63) is 71.8 Å². The predicted octanol–water partition coefficient (Wildman–Crippen LogP) is 2.88. The second-order valence-electron chi connectivity index (χ2n) is 6.48. The highest BCUT2D eigenvalue weighted by molar-refractivity contribution is 5.73. The van der Waals surface area contributed by atoms with Gasteiger partial charge in [-0.15, -0.1) is 0 Å². The Morgan fingerprint density at radius 3 is 2.15 bits per heavy atom. The molecule has 5 nitrogen and oxygen atoms in total. The van der Waals surface area contributed by atoms with Gasteiger partial charge in [0.2, 0.25) is 0 Å². The molecule has 26 heavy (non-hydrogen) atoms. The molecule has 2 aromatic rings. The van der Waals surface area contributed by atoms with Crippen LogP contribution in [0, 0.1) is 0 Å². The second kappa shape index (κ2) is 10.7. The number of hydrogen-bond donors (Lipinski definition) is 4. The van der Waals surface area contributed by atoms with Crippen molar-refractivity contribution in [3.63, 3.8) is 0 Å². The summed E-state index contributed by atoms with van der Waals surface area (Å²) in [6.07, 6.45) is 2.91. The van der Waals surface area contributed by atoms with Crippen molar-refractivity contribution in [1.29, 1.82) is 0 Å². The highest BCUT2D eigenvalue weighted by atomic mass is 16.4. The summed E-state index contributed by atoms with van der Waals surface area (Å²) in [5.74, 6) is -1.23. The van der Waals surface area contributed by atoms with Gasteiger partial charge < -0.3 is 20.6 Å². The predicted molar refractivity (Wildman–Crippen MR) is 101 cm³/mol. The van der Waals surface area contributed by atoms with E-state index in [2.05, 4.69) is 17.4 Å². The molecule has 3 unspecified atom stereocenters. The van der Waals surface area contributed by atoms with Crippen LogP contribution in [0.1, 0.15) is 42.9 Å². The van der Waals surface area contributed by atoms with Crippen LogP contribution in [0.15, 0.2) is 60.7 Å². The normalized spacial score (nSPS) is 20.5. The summed E-state index contributed by atoms with van der Waals surface area (Å²) in [4.78, 5) is 10.2. The van der Waals surface area contributed by atoms with Crippen LogP contribution < -0.4 is 5.32 Å². The minimum absolute atomic E-state index is 0.150.